The van der Waals surface area contributed by atoms with Crippen LogP contribution in [-0.4, -0.2) is 14.8 Å². The Morgan fingerprint density at radius 3 is 2.69 bits per heavy atom. The van der Waals surface area contributed by atoms with Crippen LogP contribution >= 0.6 is 31.9 Å². The van der Waals surface area contributed by atoms with Crippen LogP contribution in [0.4, 0.5) is 0 Å². The lowest BCUT2D eigenvalue weighted by molar-refractivity contribution is 0.858. The standard InChI is InChI=1S/C11H11Br2N3/c1-7-4-3-5-8(10(7)13)11-15-14-9(6-12)16(11)2/h3-5H,6H2,1-2H3. The van der Waals surface area contributed by atoms with Crippen LogP contribution in [-0.2, 0) is 12.4 Å². The molecule has 0 amide bonds. The predicted octanol–water partition coefficient (Wildman–Crippen LogP) is 3.45. The monoisotopic (exact) mass is 343 g/mol. The number of rotatable bonds is 2. The Morgan fingerprint density at radius 1 is 1.31 bits per heavy atom. The largest absolute Gasteiger partial charge is 0.313 e. The Hall–Kier alpha value is -0.680. The number of hydrogen-bond acceptors (Lipinski definition) is 2. The molecule has 3 nitrogen and oxygen atoms in total. The Labute approximate surface area is 111 Å². The molecule has 0 saturated carbocycles. The summed E-state index contributed by atoms with van der Waals surface area (Å²) in [6, 6.07) is 6.13. The minimum absolute atomic E-state index is 0.708. The highest BCUT2D eigenvalue weighted by Gasteiger charge is 2.13. The molecule has 0 saturated heterocycles. The van der Waals surface area contributed by atoms with Crippen molar-refractivity contribution in [2.75, 3.05) is 0 Å². The molecule has 0 aliphatic heterocycles. The van der Waals surface area contributed by atoms with Crippen molar-refractivity contribution in [2.45, 2.75) is 12.3 Å². The van der Waals surface area contributed by atoms with Crippen LogP contribution in [0.2, 0.25) is 0 Å². The van der Waals surface area contributed by atoms with Gasteiger partial charge in [-0.25, -0.2) is 0 Å². The van der Waals surface area contributed by atoms with E-state index in [4.69, 9.17) is 0 Å². The summed E-state index contributed by atoms with van der Waals surface area (Å²) >= 11 is 6.98. The lowest BCUT2D eigenvalue weighted by Gasteiger charge is -2.06. The summed E-state index contributed by atoms with van der Waals surface area (Å²) in [5.74, 6) is 1.80. The topological polar surface area (TPSA) is 30.7 Å². The predicted molar refractivity (Wildman–Crippen MR) is 71.5 cm³/mol. The van der Waals surface area contributed by atoms with Crippen molar-refractivity contribution >= 4 is 31.9 Å². The molecule has 0 N–H and O–H groups in total. The van der Waals surface area contributed by atoms with Crippen LogP contribution in [0, 0.1) is 6.92 Å². The van der Waals surface area contributed by atoms with Gasteiger partial charge >= 0.3 is 0 Å². The molecule has 1 aromatic heterocycles. The Balaban J connectivity index is 2.59. The van der Waals surface area contributed by atoms with Crippen molar-refractivity contribution in [2.24, 2.45) is 7.05 Å². The molecule has 0 bridgehead atoms. The lowest BCUT2D eigenvalue weighted by atomic mass is 10.1. The molecular weight excluding hydrogens is 334 g/mol. The van der Waals surface area contributed by atoms with Gasteiger partial charge in [-0.15, -0.1) is 10.2 Å². The maximum atomic E-state index is 4.21. The van der Waals surface area contributed by atoms with E-state index in [1.165, 1.54) is 5.56 Å². The smallest absolute Gasteiger partial charge is 0.164 e. The summed E-state index contributed by atoms with van der Waals surface area (Å²) in [4.78, 5) is 0. The molecule has 1 aromatic carbocycles. The molecule has 2 aromatic rings. The minimum Gasteiger partial charge on any atom is -0.313 e. The van der Waals surface area contributed by atoms with Crippen molar-refractivity contribution in [3.05, 3.63) is 34.1 Å². The Bertz CT molecular complexity index is 520. The Kier molecular flexibility index (Phi) is 3.44. The zero-order valence-corrected chi connectivity index (χ0v) is 12.2. The third-order valence-corrected chi connectivity index (χ3v) is 4.07. The van der Waals surface area contributed by atoms with Gasteiger partial charge in [0.1, 0.15) is 5.82 Å². The van der Waals surface area contributed by atoms with Gasteiger partial charge in [0.2, 0.25) is 0 Å². The molecule has 5 heteroatoms. The van der Waals surface area contributed by atoms with E-state index < -0.39 is 0 Å². The third-order valence-electron chi connectivity index (χ3n) is 2.52. The first-order chi connectivity index (χ1) is 7.65. The molecule has 0 aliphatic rings. The van der Waals surface area contributed by atoms with Crippen molar-refractivity contribution in [1.29, 1.82) is 0 Å². The summed E-state index contributed by atoms with van der Waals surface area (Å²) in [5.41, 5.74) is 2.27. The molecule has 2 rings (SSSR count). The average Bonchev–Trinajstić information content (AvgIpc) is 2.64. The highest BCUT2D eigenvalue weighted by atomic mass is 79.9. The third kappa shape index (κ3) is 1.94. The summed E-state index contributed by atoms with van der Waals surface area (Å²) in [6.45, 7) is 2.06. The van der Waals surface area contributed by atoms with Crippen molar-refractivity contribution in [3.8, 4) is 11.4 Å². The van der Waals surface area contributed by atoms with Gasteiger partial charge < -0.3 is 4.57 Å². The van der Waals surface area contributed by atoms with Crippen LogP contribution in [0.25, 0.3) is 11.4 Å². The van der Waals surface area contributed by atoms with E-state index in [1.54, 1.807) is 0 Å². The minimum atomic E-state index is 0.708. The maximum absolute atomic E-state index is 4.21. The van der Waals surface area contributed by atoms with Crippen molar-refractivity contribution < 1.29 is 0 Å². The second kappa shape index (κ2) is 4.67. The molecule has 0 atom stereocenters. The molecule has 0 radical (unpaired) electrons. The summed E-state index contributed by atoms with van der Waals surface area (Å²) < 4.78 is 3.07. The van der Waals surface area contributed by atoms with Gasteiger partial charge in [-0.1, -0.05) is 34.1 Å². The first kappa shape index (κ1) is 11.8. The number of alkyl halides is 1. The zero-order valence-electron chi connectivity index (χ0n) is 9.04. The number of benzene rings is 1. The van der Waals surface area contributed by atoms with Gasteiger partial charge in [0.25, 0.3) is 0 Å². The SMILES string of the molecule is Cc1cccc(-c2nnc(CBr)n2C)c1Br. The zero-order chi connectivity index (χ0) is 11.7. The number of halogens is 2. The number of aromatic nitrogens is 3. The molecule has 0 unspecified atom stereocenters. The first-order valence-electron chi connectivity index (χ1n) is 4.85. The van der Waals surface area contributed by atoms with Gasteiger partial charge in [-0.05, 0) is 28.4 Å². The quantitative estimate of drug-likeness (QED) is 0.781. The lowest BCUT2D eigenvalue weighted by Crippen LogP contribution is -1.98. The normalized spacial score (nSPS) is 10.8. The van der Waals surface area contributed by atoms with Crippen LogP contribution in [0.5, 0.6) is 0 Å². The van der Waals surface area contributed by atoms with Gasteiger partial charge in [-0.2, -0.15) is 0 Å². The average molecular weight is 345 g/mol. The van der Waals surface area contributed by atoms with Crippen LogP contribution in [0.1, 0.15) is 11.4 Å². The molecule has 0 fully saturated rings. The van der Waals surface area contributed by atoms with Crippen LogP contribution in [0.3, 0.4) is 0 Å². The van der Waals surface area contributed by atoms with Crippen molar-refractivity contribution in [1.82, 2.24) is 14.8 Å². The molecule has 0 spiro atoms. The van der Waals surface area contributed by atoms with E-state index in [2.05, 4.69) is 55.0 Å². The number of aryl methyl sites for hydroxylation is 1. The van der Waals surface area contributed by atoms with Crippen LogP contribution < -0.4 is 0 Å². The van der Waals surface area contributed by atoms with E-state index in [9.17, 15) is 0 Å². The summed E-state index contributed by atoms with van der Waals surface area (Å²) in [7, 11) is 1.97. The van der Waals surface area contributed by atoms with E-state index in [0.717, 1.165) is 21.7 Å². The van der Waals surface area contributed by atoms with E-state index in [1.807, 2.05) is 23.7 Å². The fraction of sp³-hybridized carbons (Fsp3) is 0.273. The fourth-order valence-corrected chi connectivity index (χ4v) is 2.46. The van der Waals surface area contributed by atoms with Gasteiger partial charge in [-0.3, -0.25) is 0 Å². The van der Waals surface area contributed by atoms with E-state index in [-0.39, 0.29) is 0 Å². The highest BCUT2D eigenvalue weighted by Crippen LogP contribution is 2.29. The fourth-order valence-electron chi connectivity index (χ4n) is 1.53. The molecule has 16 heavy (non-hydrogen) atoms. The van der Waals surface area contributed by atoms with Crippen molar-refractivity contribution in [3.63, 3.8) is 0 Å². The molecule has 84 valence electrons. The molecule has 0 aliphatic carbocycles. The first-order valence-corrected chi connectivity index (χ1v) is 6.76. The highest BCUT2D eigenvalue weighted by molar-refractivity contribution is 9.10. The summed E-state index contributed by atoms with van der Waals surface area (Å²) in [6.07, 6.45) is 0. The van der Waals surface area contributed by atoms with E-state index >= 15 is 0 Å². The Morgan fingerprint density at radius 2 is 2.06 bits per heavy atom. The number of nitrogens with zero attached hydrogens (tertiary/aromatic N) is 3. The summed E-state index contributed by atoms with van der Waals surface area (Å²) in [5, 5.41) is 9.05. The van der Waals surface area contributed by atoms with Gasteiger partial charge in [0, 0.05) is 17.1 Å². The van der Waals surface area contributed by atoms with Gasteiger partial charge in [0.15, 0.2) is 5.82 Å². The number of hydrogen-bond donors (Lipinski definition) is 0. The molecular formula is C11H11Br2N3. The van der Waals surface area contributed by atoms with Crippen LogP contribution in [0.15, 0.2) is 22.7 Å². The second-order valence-electron chi connectivity index (χ2n) is 3.57. The molecule has 1 heterocycles. The maximum Gasteiger partial charge on any atom is 0.164 e. The second-order valence-corrected chi connectivity index (χ2v) is 4.92. The van der Waals surface area contributed by atoms with E-state index in [0.29, 0.717) is 5.33 Å². The van der Waals surface area contributed by atoms with Gasteiger partial charge in [0.05, 0.1) is 5.33 Å².